The Hall–Kier alpha value is -2.05. The highest BCUT2D eigenvalue weighted by Gasteiger charge is 2.37. The van der Waals surface area contributed by atoms with Crippen LogP contribution in [0, 0.1) is 18.6 Å². The number of imidazole rings is 1. The van der Waals surface area contributed by atoms with E-state index in [0.29, 0.717) is 12.4 Å². The Kier molecular flexibility index (Phi) is 5.47. The molecular formula is C22H28F2N2OSi. The molecule has 0 spiro atoms. The molecule has 0 atom stereocenters. The summed E-state index contributed by atoms with van der Waals surface area (Å²) in [6.07, 6.45) is 0. The Bertz CT molecular complexity index is 985. The van der Waals surface area contributed by atoms with Crippen molar-refractivity contribution in [1.29, 1.82) is 0 Å². The minimum atomic E-state index is -1.99. The maximum absolute atomic E-state index is 14.3. The van der Waals surface area contributed by atoms with Gasteiger partial charge in [-0.2, -0.15) is 0 Å². The van der Waals surface area contributed by atoms with Crippen LogP contribution >= 0.6 is 0 Å². The van der Waals surface area contributed by atoms with E-state index >= 15 is 0 Å². The molecule has 1 heterocycles. The van der Waals surface area contributed by atoms with Gasteiger partial charge in [0, 0.05) is 5.56 Å². The molecular weight excluding hydrogens is 374 g/mol. The third kappa shape index (κ3) is 3.89. The van der Waals surface area contributed by atoms with E-state index in [4.69, 9.17) is 9.41 Å². The fourth-order valence-electron chi connectivity index (χ4n) is 2.92. The van der Waals surface area contributed by atoms with Crippen molar-refractivity contribution in [2.75, 3.05) is 0 Å². The molecule has 0 saturated carbocycles. The first-order valence-electron chi connectivity index (χ1n) is 9.53. The smallest absolute Gasteiger partial charge is 0.192 e. The standard InChI is InChI=1S/C22H28F2N2OSi/c1-15-9-7-12-19-21(15)25-20(14-27-28(5,6)22(2,3)4)26(19)13-16-17(23)10-8-11-18(16)24/h7-12H,13-14H2,1-6H3. The lowest BCUT2D eigenvalue weighted by Crippen LogP contribution is -2.40. The van der Waals surface area contributed by atoms with Gasteiger partial charge in [-0.3, -0.25) is 0 Å². The Balaban J connectivity index is 2.05. The molecule has 0 aliphatic carbocycles. The number of halogens is 2. The van der Waals surface area contributed by atoms with Gasteiger partial charge < -0.3 is 8.99 Å². The van der Waals surface area contributed by atoms with Gasteiger partial charge in [-0.25, -0.2) is 13.8 Å². The number of para-hydroxylation sites is 1. The summed E-state index contributed by atoms with van der Waals surface area (Å²) in [7, 11) is -1.99. The monoisotopic (exact) mass is 402 g/mol. The highest BCUT2D eigenvalue weighted by molar-refractivity contribution is 6.74. The van der Waals surface area contributed by atoms with E-state index in [0.717, 1.165) is 16.6 Å². The van der Waals surface area contributed by atoms with Crippen molar-refractivity contribution in [3.05, 3.63) is 65.0 Å². The first-order valence-corrected chi connectivity index (χ1v) is 12.4. The molecule has 28 heavy (non-hydrogen) atoms. The second-order valence-electron chi connectivity index (χ2n) is 8.81. The van der Waals surface area contributed by atoms with Crippen LogP contribution in [-0.4, -0.2) is 17.9 Å². The summed E-state index contributed by atoms with van der Waals surface area (Å²) in [5.41, 5.74) is 2.76. The van der Waals surface area contributed by atoms with Gasteiger partial charge >= 0.3 is 0 Å². The molecule has 0 radical (unpaired) electrons. The molecule has 1 aromatic heterocycles. The van der Waals surface area contributed by atoms with E-state index < -0.39 is 20.0 Å². The SMILES string of the molecule is Cc1cccc2c1nc(CO[Si](C)(C)C(C)(C)C)n2Cc1c(F)cccc1F. The van der Waals surface area contributed by atoms with E-state index in [1.807, 2.05) is 29.7 Å². The average molecular weight is 403 g/mol. The third-order valence-electron chi connectivity index (χ3n) is 5.81. The van der Waals surface area contributed by atoms with Gasteiger partial charge in [0.05, 0.1) is 24.2 Å². The van der Waals surface area contributed by atoms with E-state index in [2.05, 4.69) is 33.9 Å². The summed E-state index contributed by atoms with van der Waals surface area (Å²) in [6.45, 7) is 13.3. The molecule has 0 bridgehead atoms. The molecule has 0 amide bonds. The van der Waals surface area contributed by atoms with Crippen molar-refractivity contribution in [3.63, 3.8) is 0 Å². The summed E-state index contributed by atoms with van der Waals surface area (Å²) < 4.78 is 36.8. The molecule has 0 aliphatic heterocycles. The fourth-order valence-corrected chi connectivity index (χ4v) is 3.85. The number of hydrogen-bond acceptors (Lipinski definition) is 2. The lowest BCUT2D eigenvalue weighted by molar-refractivity contribution is 0.263. The molecule has 3 nitrogen and oxygen atoms in total. The first kappa shape index (κ1) is 20.7. The third-order valence-corrected chi connectivity index (χ3v) is 10.3. The predicted octanol–water partition coefficient (Wildman–Crippen LogP) is 6.19. The van der Waals surface area contributed by atoms with Gasteiger partial charge in [0.25, 0.3) is 0 Å². The highest BCUT2D eigenvalue weighted by Crippen LogP contribution is 2.37. The van der Waals surface area contributed by atoms with Crippen molar-refractivity contribution in [1.82, 2.24) is 9.55 Å². The number of aromatic nitrogens is 2. The normalized spacial score (nSPS) is 12.7. The fraction of sp³-hybridized carbons (Fsp3) is 0.409. The minimum Gasteiger partial charge on any atom is -0.409 e. The molecule has 0 aliphatic rings. The highest BCUT2D eigenvalue weighted by atomic mass is 28.4. The van der Waals surface area contributed by atoms with Crippen LogP contribution in [0.1, 0.15) is 37.7 Å². The second kappa shape index (κ2) is 7.41. The number of benzene rings is 2. The summed E-state index contributed by atoms with van der Waals surface area (Å²) in [6, 6.07) is 9.81. The Morgan fingerprint density at radius 2 is 1.64 bits per heavy atom. The largest absolute Gasteiger partial charge is 0.409 e. The Labute approximate surface area is 166 Å². The molecule has 0 unspecified atom stereocenters. The van der Waals surface area contributed by atoms with E-state index in [-0.39, 0.29) is 17.1 Å². The van der Waals surface area contributed by atoms with E-state index in [1.54, 1.807) is 0 Å². The summed E-state index contributed by atoms with van der Waals surface area (Å²) in [5, 5.41) is 0.0669. The first-order chi connectivity index (χ1) is 13.0. The summed E-state index contributed by atoms with van der Waals surface area (Å²) in [4.78, 5) is 4.77. The van der Waals surface area contributed by atoms with Crippen LogP contribution in [0.4, 0.5) is 8.78 Å². The van der Waals surface area contributed by atoms with Crippen LogP contribution in [0.15, 0.2) is 36.4 Å². The summed E-state index contributed by atoms with van der Waals surface area (Å²) in [5.74, 6) is -0.409. The van der Waals surface area contributed by atoms with Gasteiger partial charge in [-0.1, -0.05) is 39.0 Å². The number of rotatable bonds is 5. The predicted molar refractivity (Wildman–Crippen MR) is 112 cm³/mol. The van der Waals surface area contributed by atoms with Crippen molar-refractivity contribution in [3.8, 4) is 0 Å². The zero-order valence-corrected chi connectivity index (χ0v) is 18.4. The number of hydrogen-bond donors (Lipinski definition) is 0. The summed E-state index contributed by atoms with van der Waals surface area (Å²) >= 11 is 0. The quantitative estimate of drug-likeness (QED) is 0.476. The van der Waals surface area contributed by atoms with Crippen LogP contribution in [0.5, 0.6) is 0 Å². The van der Waals surface area contributed by atoms with Gasteiger partial charge in [0.1, 0.15) is 17.5 Å². The van der Waals surface area contributed by atoms with Crippen molar-refractivity contribution >= 4 is 19.4 Å². The minimum absolute atomic E-state index is 0.0388. The number of nitrogens with zero attached hydrogens (tertiary/aromatic N) is 2. The molecule has 3 rings (SSSR count). The van der Waals surface area contributed by atoms with E-state index in [1.165, 1.54) is 18.2 Å². The van der Waals surface area contributed by atoms with Crippen LogP contribution < -0.4 is 0 Å². The van der Waals surface area contributed by atoms with Crippen LogP contribution in [0.3, 0.4) is 0 Å². The molecule has 2 aromatic carbocycles. The van der Waals surface area contributed by atoms with Crippen LogP contribution in [0.2, 0.25) is 18.1 Å². The molecule has 0 N–H and O–H groups in total. The second-order valence-corrected chi connectivity index (χ2v) is 13.6. The molecule has 0 fully saturated rings. The number of fused-ring (bicyclic) bond motifs is 1. The molecule has 6 heteroatoms. The van der Waals surface area contributed by atoms with Gasteiger partial charge in [-0.15, -0.1) is 0 Å². The topological polar surface area (TPSA) is 27.1 Å². The number of aryl methyl sites for hydroxylation is 1. The van der Waals surface area contributed by atoms with Crippen LogP contribution in [0.25, 0.3) is 11.0 Å². The van der Waals surface area contributed by atoms with Gasteiger partial charge in [-0.05, 0) is 48.8 Å². The lowest BCUT2D eigenvalue weighted by atomic mass is 10.1. The van der Waals surface area contributed by atoms with Crippen molar-refractivity contribution < 1.29 is 13.2 Å². The van der Waals surface area contributed by atoms with E-state index in [9.17, 15) is 8.78 Å². The van der Waals surface area contributed by atoms with Gasteiger partial charge in [0.15, 0.2) is 8.32 Å². The molecule has 150 valence electrons. The maximum atomic E-state index is 14.3. The molecule has 0 saturated heterocycles. The Morgan fingerprint density at radius 3 is 2.25 bits per heavy atom. The maximum Gasteiger partial charge on any atom is 0.192 e. The average Bonchev–Trinajstić information content (AvgIpc) is 2.95. The zero-order chi connectivity index (χ0) is 20.7. The molecule has 3 aromatic rings. The van der Waals surface area contributed by atoms with Crippen molar-refractivity contribution in [2.45, 2.75) is 59.0 Å². The Morgan fingerprint density at radius 1 is 1.04 bits per heavy atom. The zero-order valence-electron chi connectivity index (χ0n) is 17.4. The van der Waals surface area contributed by atoms with Crippen LogP contribution in [-0.2, 0) is 17.6 Å². The van der Waals surface area contributed by atoms with Crippen molar-refractivity contribution in [2.24, 2.45) is 0 Å². The van der Waals surface area contributed by atoms with Gasteiger partial charge in [0.2, 0.25) is 0 Å². The lowest BCUT2D eigenvalue weighted by Gasteiger charge is -2.36.